The lowest BCUT2D eigenvalue weighted by molar-refractivity contribution is -0.151. The second-order valence-corrected chi connectivity index (χ2v) is 6.95. The van der Waals surface area contributed by atoms with Crippen molar-refractivity contribution in [2.24, 2.45) is 17.8 Å². The molecule has 0 radical (unpaired) electrons. The largest absolute Gasteiger partial charge is 0.458 e. The summed E-state index contributed by atoms with van der Waals surface area (Å²) in [6.07, 6.45) is -1.16. The summed E-state index contributed by atoms with van der Waals surface area (Å²) in [5, 5.41) is 19.4. The molecular weight excluding hydrogens is 324 g/mol. The number of aliphatic hydroxyl groups excluding tert-OH is 2. The first kappa shape index (κ1) is 17.6. The van der Waals surface area contributed by atoms with E-state index in [4.69, 9.17) is 14.6 Å². The van der Waals surface area contributed by atoms with Crippen molar-refractivity contribution in [3.05, 3.63) is 48.6 Å². The Hall–Kier alpha value is -2.18. The normalized spacial score (nSPS) is 37.2. The fourth-order valence-electron chi connectivity index (χ4n) is 4.16. The zero-order chi connectivity index (χ0) is 18.5. The van der Waals surface area contributed by atoms with Crippen LogP contribution in [0.15, 0.2) is 48.6 Å². The fraction of sp³-hybridized carbons (Fsp3) is 0.474. The molecule has 134 valence electrons. The molecule has 1 aliphatic heterocycles. The molecule has 6 heteroatoms. The van der Waals surface area contributed by atoms with Gasteiger partial charge in [0.1, 0.15) is 12.2 Å². The number of hydrogen-bond acceptors (Lipinski definition) is 6. The third-order valence-corrected chi connectivity index (χ3v) is 5.51. The van der Waals surface area contributed by atoms with E-state index in [2.05, 4.69) is 26.3 Å². The van der Waals surface area contributed by atoms with Crippen LogP contribution in [0.1, 0.15) is 12.8 Å². The van der Waals surface area contributed by atoms with Crippen molar-refractivity contribution >= 4 is 11.9 Å². The molecule has 0 aromatic carbocycles. The van der Waals surface area contributed by atoms with Crippen LogP contribution in [0.2, 0.25) is 0 Å². The van der Waals surface area contributed by atoms with Gasteiger partial charge >= 0.3 is 11.9 Å². The number of hydrogen-bond donors (Lipinski definition) is 2. The van der Waals surface area contributed by atoms with E-state index in [1.807, 2.05) is 0 Å². The van der Waals surface area contributed by atoms with Gasteiger partial charge in [0.05, 0.1) is 24.2 Å². The summed E-state index contributed by atoms with van der Waals surface area (Å²) in [4.78, 5) is 24.2. The minimum atomic E-state index is -0.784. The van der Waals surface area contributed by atoms with E-state index in [-0.39, 0.29) is 23.0 Å². The number of fused-ring (bicyclic) bond motifs is 2. The molecule has 6 atom stereocenters. The fourth-order valence-corrected chi connectivity index (χ4v) is 4.16. The van der Waals surface area contributed by atoms with Gasteiger partial charge in [-0.25, -0.2) is 9.59 Å². The van der Waals surface area contributed by atoms with E-state index in [0.29, 0.717) is 18.4 Å². The summed E-state index contributed by atoms with van der Waals surface area (Å²) in [5.41, 5.74) is 1.53. The molecule has 3 rings (SSSR count). The third kappa shape index (κ3) is 2.75. The van der Waals surface area contributed by atoms with Gasteiger partial charge in [-0.2, -0.15) is 0 Å². The number of carbonyl (C=O) groups is 2. The number of rotatable bonds is 3. The molecule has 2 N–H and O–H groups in total. The van der Waals surface area contributed by atoms with Crippen LogP contribution < -0.4 is 0 Å². The van der Waals surface area contributed by atoms with E-state index in [1.54, 1.807) is 0 Å². The van der Waals surface area contributed by atoms with Crippen molar-refractivity contribution in [2.45, 2.75) is 31.2 Å². The smallest absolute Gasteiger partial charge is 0.336 e. The van der Waals surface area contributed by atoms with Gasteiger partial charge in [0.15, 0.2) is 0 Å². The molecule has 0 unspecified atom stereocenters. The molecule has 3 aliphatic rings. The summed E-state index contributed by atoms with van der Waals surface area (Å²) in [5.74, 6) is -2.33. The first-order valence-electron chi connectivity index (χ1n) is 8.20. The Kier molecular flexibility index (Phi) is 4.43. The Balaban J connectivity index is 2.02. The predicted octanol–water partition coefficient (Wildman–Crippen LogP) is 1.06. The zero-order valence-corrected chi connectivity index (χ0v) is 13.9. The molecule has 3 fully saturated rings. The van der Waals surface area contributed by atoms with Crippen LogP contribution in [0.25, 0.3) is 0 Å². The highest BCUT2D eigenvalue weighted by molar-refractivity contribution is 5.92. The topological polar surface area (TPSA) is 93.1 Å². The van der Waals surface area contributed by atoms with Gasteiger partial charge in [0, 0.05) is 17.9 Å². The van der Waals surface area contributed by atoms with Crippen LogP contribution in [-0.2, 0) is 19.1 Å². The second kappa shape index (κ2) is 6.28. The molecule has 25 heavy (non-hydrogen) atoms. The van der Waals surface area contributed by atoms with E-state index >= 15 is 0 Å². The van der Waals surface area contributed by atoms with E-state index in [1.165, 1.54) is 0 Å². The maximum absolute atomic E-state index is 12.2. The van der Waals surface area contributed by atoms with E-state index in [9.17, 15) is 14.7 Å². The van der Waals surface area contributed by atoms with Crippen LogP contribution in [0.3, 0.4) is 0 Å². The van der Waals surface area contributed by atoms with Crippen molar-refractivity contribution in [3.63, 3.8) is 0 Å². The number of aliphatic hydroxyl groups is 2. The summed E-state index contributed by atoms with van der Waals surface area (Å²) in [6, 6.07) is 0. The molecule has 2 aliphatic carbocycles. The minimum absolute atomic E-state index is 0.0869. The third-order valence-electron chi connectivity index (χ3n) is 5.51. The number of carbonyl (C=O) groups excluding carboxylic acids is 2. The number of esters is 2. The molecule has 0 spiro atoms. The van der Waals surface area contributed by atoms with E-state index in [0.717, 1.165) is 5.57 Å². The van der Waals surface area contributed by atoms with Crippen molar-refractivity contribution in [1.29, 1.82) is 0 Å². The Morgan fingerprint density at radius 3 is 2.60 bits per heavy atom. The van der Waals surface area contributed by atoms with Gasteiger partial charge in [-0.3, -0.25) is 0 Å². The Morgan fingerprint density at radius 1 is 1.28 bits per heavy atom. The van der Waals surface area contributed by atoms with Crippen LogP contribution in [0.4, 0.5) is 0 Å². The van der Waals surface area contributed by atoms with Crippen LogP contribution in [-0.4, -0.2) is 47.1 Å². The lowest BCUT2D eigenvalue weighted by atomic mass is 9.80. The maximum Gasteiger partial charge on any atom is 0.336 e. The number of ether oxygens (including phenoxy) is 2. The Morgan fingerprint density at radius 2 is 1.96 bits per heavy atom. The molecule has 0 aromatic heterocycles. The average Bonchev–Trinajstić information content (AvgIpc) is 2.98. The first-order valence-corrected chi connectivity index (χ1v) is 8.20. The molecule has 0 amide bonds. The first-order chi connectivity index (χ1) is 11.8. The SMILES string of the molecule is C=C(CO)C(=O)O[C@@H]1[C@H]2C(=C)[C@@H](O)C[C@H]2C(=C)C[C@@H]2OC(=O)C(=C)[C@@H]12. The summed E-state index contributed by atoms with van der Waals surface area (Å²) >= 11 is 0. The van der Waals surface area contributed by atoms with Gasteiger partial charge < -0.3 is 19.7 Å². The molecule has 1 heterocycles. The summed E-state index contributed by atoms with van der Waals surface area (Å²) in [6.45, 7) is 14.8. The van der Waals surface area contributed by atoms with Crippen molar-refractivity contribution in [1.82, 2.24) is 0 Å². The average molecular weight is 346 g/mol. The second-order valence-electron chi connectivity index (χ2n) is 6.95. The Bertz CT molecular complexity index is 690. The molecule has 6 nitrogen and oxygen atoms in total. The highest BCUT2D eigenvalue weighted by Crippen LogP contribution is 2.52. The van der Waals surface area contributed by atoms with Crippen molar-refractivity contribution in [2.75, 3.05) is 6.61 Å². The van der Waals surface area contributed by atoms with Gasteiger partial charge in [0.2, 0.25) is 0 Å². The van der Waals surface area contributed by atoms with Gasteiger partial charge in [-0.1, -0.05) is 31.9 Å². The summed E-state index contributed by atoms with van der Waals surface area (Å²) < 4.78 is 11.0. The Labute approximate surface area is 146 Å². The van der Waals surface area contributed by atoms with Crippen LogP contribution in [0.5, 0.6) is 0 Å². The standard InChI is InChI=1S/C19H22O6/c1-8-5-14-16(11(4)19(23)24-14)17(25-18(22)9(2)7-20)15-10(3)13(21)6-12(8)15/h12-17,20-21H,1-7H2/t12-,13-,14-,15-,16+,17+/m0/s1. The molecule has 2 saturated carbocycles. The molecular formula is C19H22O6. The predicted molar refractivity (Wildman–Crippen MR) is 89.1 cm³/mol. The maximum atomic E-state index is 12.2. The lowest BCUT2D eigenvalue weighted by Crippen LogP contribution is -2.39. The molecule has 0 aromatic rings. The summed E-state index contributed by atoms with van der Waals surface area (Å²) in [7, 11) is 0. The lowest BCUT2D eigenvalue weighted by Gasteiger charge is -2.31. The quantitative estimate of drug-likeness (QED) is 0.451. The zero-order valence-electron chi connectivity index (χ0n) is 13.9. The monoisotopic (exact) mass is 346 g/mol. The van der Waals surface area contributed by atoms with Crippen LogP contribution >= 0.6 is 0 Å². The molecule has 0 bridgehead atoms. The van der Waals surface area contributed by atoms with Gasteiger partial charge in [0.25, 0.3) is 0 Å². The van der Waals surface area contributed by atoms with Crippen LogP contribution in [0, 0.1) is 17.8 Å². The molecule has 1 saturated heterocycles. The highest BCUT2D eigenvalue weighted by atomic mass is 16.6. The van der Waals surface area contributed by atoms with Crippen molar-refractivity contribution in [3.8, 4) is 0 Å². The van der Waals surface area contributed by atoms with E-state index < -0.39 is 42.8 Å². The minimum Gasteiger partial charge on any atom is -0.458 e. The highest BCUT2D eigenvalue weighted by Gasteiger charge is 2.56. The van der Waals surface area contributed by atoms with Crippen molar-refractivity contribution < 1.29 is 29.3 Å². The van der Waals surface area contributed by atoms with Gasteiger partial charge in [-0.05, 0) is 17.9 Å². The van der Waals surface area contributed by atoms with Gasteiger partial charge in [-0.15, -0.1) is 0 Å².